The molecule has 1 N–H and O–H groups in total. The number of nitrogens with zero attached hydrogens (tertiary/aromatic N) is 1. The summed E-state index contributed by atoms with van der Waals surface area (Å²) in [7, 11) is 1.70. The summed E-state index contributed by atoms with van der Waals surface area (Å²) in [4.78, 5) is 24.7. The lowest BCUT2D eigenvalue weighted by atomic mass is 9.95. The van der Waals surface area contributed by atoms with Crippen LogP contribution in [-0.2, 0) is 15.0 Å². The molecule has 2 aliphatic rings. The lowest BCUT2D eigenvalue weighted by molar-refractivity contribution is -0.140. The van der Waals surface area contributed by atoms with Crippen molar-refractivity contribution in [2.24, 2.45) is 0 Å². The number of rotatable bonds is 2. The van der Waals surface area contributed by atoms with Crippen LogP contribution in [0, 0.1) is 0 Å². The standard InChI is InChI=1S/C14H15NO4/c1-8-12(16)15(2)10-4-3-9(7-11(10)19-8)14(5-6-14)13(17)18/h3-4,7-8H,5-6H2,1-2H3,(H,17,18). The van der Waals surface area contributed by atoms with E-state index in [0.29, 0.717) is 24.3 Å². The van der Waals surface area contributed by atoms with Crippen LogP contribution in [0.25, 0.3) is 0 Å². The summed E-state index contributed by atoms with van der Waals surface area (Å²) in [5.74, 6) is -0.306. The highest BCUT2D eigenvalue weighted by atomic mass is 16.5. The molecule has 1 aliphatic heterocycles. The first-order chi connectivity index (χ1) is 8.95. The molecule has 1 unspecified atom stereocenters. The van der Waals surface area contributed by atoms with E-state index in [9.17, 15) is 14.7 Å². The van der Waals surface area contributed by atoms with Gasteiger partial charge in [0.05, 0.1) is 11.1 Å². The van der Waals surface area contributed by atoms with Gasteiger partial charge in [0.25, 0.3) is 5.91 Å². The number of anilines is 1. The smallest absolute Gasteiger partial charge is 0.314 e. The van der Waals surface area contributed by atoms with Crippen LogP contribution >= 0.6 is 0 Å². The first-order valence-corrected chi connectivity index (χ1v) is 6.28. The lowest BCUT2D eigenvalue weighted by Crippen LogP contribution is -2.42. The molecule has 1 atom stereocenters. The van der Waals surface area contributed by atoms with Gasteiger partial charge in [0, 0.05) is 7.05 Å². The Labute approximate surface area is 110 Å². The van der Waals surface area contributed by atoms with Gasteiger partial charge in [-0.1, -0.05) is 6.07 Å². The number of carboxylic acid groups (broad SMARTS) is 1. The SMILES string of the molecule is CC1Oc2cc(C3(C(=O)O)CC3)ccc2N(C)C1=O. The van der Waals surface area contributed by atoms with Gasteiger partial charge in [0.15, 0.2) is 6.10 Å². The van der Waals surface area contributed by atoms with Crippen LogP contribution in [0.5, 0.6) is 5.75 Å². The van der Waals surface area contributed by atoms with Crippen LogP contribution in [0.1, 0.15) is 25.3 Å². The molecule has 1 fully saturated rings. The minimum absolute atomic E-state index is 0.0976. The fraction of sp³-hybridized carbons (Fsp3) is 0.429. The van der Waals surface area contributed by atoms with Gasteiger partial charge in [-0.3, -0.25) is 9.59 Å². The van der Waals surface area contributed by atoms with E-state index in [1.165, 1.54) is 0 Å². The van der Waals surface area contributed by atoms with Crippen molar-refractivity contribution in [3.8, 4) is 5.75 Å². The number of carboxylic acids is 1. The summed E-state index contributed by atoms with van der Waals surface area (Å²) in [6.45, 7) is 1.69. The summed E-state index contributed by atoms with van der Waals surface area (Å²) in [5, 5.41) is 9.30. The van der Waals surface area contributed by atoms with Gasteiger partial charge in [0.2, 0.25) is 0 Å². The molecule has 0 radical (unpaired) electrons. The van der Waals surface area contributed by atoms with Crippen molar-refractivity contribution >= 4 is 17.6 Å². The number of carbonyl (C=O) groups excluding carboxylic acids is 1. The summed E-state index contributed by atoms with van der Waals surface area (Å²) >= 11 is 0. The molecule has 0 spiro atoms. The Hall–Kier alpha value is -2.04. The summed E-state index contributed by atoms with van der Waals surface area (Å²) < 4.78 is 5.57. The number of hydrogen-bond acceptors (Lipinski definition) is 3. The average Bonchev–Trinajstić information content (AvgIpc) is 3.17. The predicted molar refractivity (Wildman–Crippen MR) is 68.5 cm³/mol. The zero-order valence-electron chi connectivity index (χ0n) is 10.8. The second kappa shape index (κ2) is 3.73. The Morgan fingerprint density at radius 3 is 2.74 bits per heavy atom. The number of benzene rings is 1. The van der Waals surface area contributed by atoms with Gasteiger partial charge in [-0.05, 0) is 37.5 Å². The lowest BCUT2D eigenvalue weighted by Gasteiger charge is -2.31. The minimum atomic E-state index is -0.791. The first-order valence-electron chi connectivity index (χ1n) is 6.28. The van der Waals surface area contributed by atoms with Crippen LogP contribution in [0.4, 0.5) is 5.69 Å². The van der Waals surface area contributed by atoms with Crippen molar-refractivity contribution < 1.29 is 19.4 Å². The fourth-order valence-corrected chi connectivity index (χ4v) is 2.57. The average molecular weight is 261 g/mol. The largest absolute Gasteiger partial charge is 0.481 e. The maximum Gasteiger partial charge on any atom is 0.314 e. The molecule has 19 heavy (non-hydrogen) atoms. The molecule has 1 aromatic carbocycles. The number of hydrogen-bond donors (Lipinski definition) is 1. The minimum Gasteiger partial charge on any atom is -0.481 e. The highest BCUT2D eigenvalue weighted by Crippen LogP contribution is 2.50. The third-order valence-corrected chi connectivity index (χ3v) is 4.02. The summed E-state index contributed by atoms with van der Waals surface area (Å²) in [5.41, 5.74) is 0.698. The van der Waals surface area contributed by atoms with Gasteiger partial charge >= 0.3 is 5.97 Å². The second-order valence-electron chi connectivity index (χ2n) is 5.23. The number of carbonyl (C=O) groups is 2. The first kappa shape index (κ1) is 12.0. The zero-order valence-corrected chi connectivity index (χ0v) is 10.8. The quantitative estimate of drug-likeness (QED) is 0.877. The van der Waals surface area contributed by atoms with Crippen LogP contribution < -0.4 is 9.64 Å². The molecule has 5 nitrogen and oxygen atoms in total. The highest BCUT2D eigenvalue weighted by molar-refractivity contribution is 5.99. The number of aliphatic carboxylic acids is 1. The number of fused-ring (bicyclic) bond motifs is 1. The Bertz CT molecular complexity index is 577. The third kappa shape index (κ3) is 1.61. The molecular formula is C14H15NO4. The molecular weight excluding hydrogens is 246 g/mol. The third-order valence-electron chi connectivity index (χ3n) is 4.02. The van der Waals surface area contributed by atoms with Gasteiger partial charge < -0.3 is 14.7 Å². The molecule has 100 valence electrons. The van der Waals surface area contributed by atoms with Crippen LogP contribution in [0.15, 0.2) is 18.2 Å². The molecule has 3 rings (SSSR count). The van der Waals surface area contributed by atoms with Crippen molar-refractivity contribution in [1.82, 2.24) is 0 Å². The monoisotopic (exact) mass is 261 g/mol. The number of amides is 1. The molecule has 0 aromatic heterocycles. The van der Waals surface area contributed by atoms with Gasteiger partial charge in [-0.25, -0.2) is 0 Å². The Morgan fingerprint density at radius 2 is 2.16 bits per heavy atom. The summed E-state index contributed by atoms with van der Waals surface area (Å²) in [6, 6.07) is 5.30. The number of ether oxygens (including phenoxy) is 1. The van der Waals surface area contributed by atoms with Crippen molar-refractivity contribution in [3.63, 3.8) is 0 Å². The van der Waals surface area contributed by atoms with E-state index in [4.69, 9.17) is 4.74 Å². The van der Waals surface area contributed by atoms with E-state index in [1.54, 1.807) is 37.1 Å². The fourth-order valence-electron chi connectivity index (χ4n) is 2.57. The molecule has 0 bridgehead atoms. The van der Waals surface area contributed by atoms with Gasteiger partial charge in [0.1, 0.15) is 5.75 Å². The topological polar surface area (TPSA) is 66.8 Å². The normalized spacial score (nSPS) is 23.6. The maximum absolute atomic E-state index is 11.8. The second-order valence-corrected chi connectivity index (χ2v) is 5.23. The van der Waals surface area contributed by atoms with E-state index in [-0.39, 0.29) is 5.91 Å². The van der Waals surface area contributed by atoms with Crippen molar-refractivity contribution in [1.29, 1.82) is 0 Å². The van der Waals surface area contributed by atoms with Gasteiger partial charge in [-0.2, -0.15) is 0 Å². The van der Waals surface area contributed by atoms with E-state index < -0.39 is 17.5 Å². The Balaban J connectivity index is 2.04. The van der Waals surface area contributed by atoms with Crippen molar-refractivity contribution in [3.05, 3.63) is 23.8 Å². The van der Waals surface area contributed by atoms with Crippen LogP contribution in [0.2, 0.25) is 0 Å². The predicted octanol–water partition coefficient (Wildman–Crippen LogP) is 1.55. The van der Waals surface area contributed by atoms with E-state index >= 15 is 0 Å². The van der Waals surface area contributed by atoms with Crippen molar-refractivity contribution in [2.75, 3.05) is 11.9 Å². The van der Waals surface area contributed by atoms with Crippen LogP contribution in [-0.4, -0.2) is 30.1 Å². The molecule has 1 heterocycles. The van der Waals surface area contributed by atoms with Crippen molar-refractivity contribution in [2.45, 2.75) is 31.3 Å². The molecule has 5 heteroatoms. The zero-order chi connectivity index (χ0) is 13.8. The Morgan fingerprint density at radius 1 is 1.47 bits per heavy atom. The maximum atomic E-state index is 11.8. The Kier molecular flexibility index (Phi) is 2.36. The molecule has 0 saturated heterocycles. The van der Waals surface area contributed by atoms with E-state index in [0.717, 1.165) is 5.56 Å². The highest BCUT2D eigenvalue weighted by Gasteiger charge is 2.52. The van der Waals surface area contributed by atoms with E-state index in [1.807, 2.05) is 0 Å². The van der Waals surface area contributed by atoms with Crippen LogP contribution in [0.3, 0.4) is 0 Å². The summed E-state index contributed by atoms with van der Waals surface area (Å²) in [6.07, 6.45) is 0.782. The molecule has 1 aliphatic carbocycles. The molecule has 1 saturated carbocycles. The molecule has 1 amide bonds. The van der Waals surface area contributed by atoms with Gasteiger partial charge in [-0.15, -0.1) is 0 Å². The molecule has 1 aromatic rings. The van der Waals surface area contributed by atoms with E-state index in [2.05, 4.69) is 0 Å². The number of likely N-dealkylation sites (N-methyl/N-ethyl adjacent to an activating group) is 1.